The third-order valence-electron chi connectivity index (χ3n) is 4.19. The molecule has 0 radical (unpaired) electrons. The maximum absolute atomic E-state index is 13.1. The zero-order chi connectivity index (χ0) is 16.6. The van der Waals surface area contributed by atoms with E-state index in [9.17, 15) is 9.18 Å². The minimum atomic E-state index is -0.575. The first-order chi connectivity index (χ1) is 11.7. The van der Waals surface area contributed by atoms with Gasteiger partial charge in [0.25, 0.3) is 5.95 Å². The molecular formula is C17H14FN5O. The fraction of sp³-hybridized carbons (Fsp3) is 0.176. The predicted molar refractivity (Wildman–Crippen MR) is 85.1 cm³/mol. The van der Waals surface area contributed by atoms with E-state index in [1.807, 2.05) is 0 Å². The van der Waals surface area contributed by atoms with Crippen LogP contribution in [0.25, 0.3) is 5.95 Å². The Balaban J connectivity index is 1.51. The second-order valence-electron chi connectivity index (χ2n) is 5.77. The number of hydrogen-bond acceptors (Lipinski definition) is 4. The van der Waals surface area contributed by atoms with Gasteiger partial charge in [-0.1, -0.05) is 12.1 Å². The van der Waals surface area contributed by atoms with Crippen LogP contribution in [-0.4, -0.2) is 25.7 Å². The van der Waals surface area contributed by atoms with Crippen LogP contribution in [0.1, 0.15) is 18.4 Å². The number of amides is 1. The summed E-state index contributed by atoms with van der Waals surface area (Å²) < 4.78 is 14.6. The monoisotopic (exact) mass is 323 g/mol. The van der Waals surface area contributed by atoms with E-state index in [-0.39, 0.29) is 11.7 Å². The van der Waals surface area contributed by atoms with Crippen molar-refractivity contribution >= 4 is 11.6 Å². The van der Waals surface area contributed by atoms with Crippen LogP contribution >= 0.6 is 0 Å². The molecule has 0 bridgehead atoms. The molecule has 1 saturated carbocycles. The van der Waals surface area contributed by atoms with Gasteiger partial charge in [-0.3, -0.25) is 4.79 Å². The Morgan fingerprint density at radius 2 is 1.88 bits per heavy atom. The van der Waals surface area contributed by atoms with Crippen molar-refractivity contribution in [2.45, 2.75) is 18.3 Å². The third-order valence-corrected chi connectivity index (χ3v) is 4.19. The summed E-state index contributed by atoms with van der Waals surface area (Å²) in [4.78, 5) is 21.0. The summed E-state index contributed by atoms with van der Waals surface area (Å²) in [5.41, 5.74) is 0.772. The third kappa shape index (κ3) is 2.54. The van der Waals surface area contributed by atoms with Gasteiger partial charge in [-0.05, 0) is 36.6 Å². The van der Waals surface area contributed by atoms with Gasteiger partial charge < -0.3 is 5.32 Å². The number of anilines is 1. The van der Waals surface area contributed by atoms with E-state index in [0.29, 0.717) is 11.6 Å². The Kier molecular flexibility index (Phi) is 3.34. The molecule has 4 rings (SSSR count). The Morgan fingerprint density at radius 1 is 1.17 bits per heavy atom. The molecule has 6 nitrogen and oxygen atoms in total. The topological polar surface area (TPSA) is 72.7 Å². The summed E-state index contributed by atoms with van der Waals surface area (Å²) in [6, 6.07) is 7.87. The van der Waals surface area contributed by atoms with Crippen molar-refractivity contribution in [3.05, 3.63) is 66.5 Å². The molecule has 2 heterocycles. The van der Waals surface area contributed by atoms with Gasteiger partial charge in [-0.25, -0.2) is 19.0 Å². The molecular weight excluding hydrogens is 309 g/mol. The first-order valence-corrected chi connectivity index (χ1v) is 7.57. The maximum Gasteiger partial charge on any atom is 0.250 e. The fourth-order valence-electron chi connectivity index (χ4n) is 2.68. The largest absolute Gasteiger partial charge is 0.323 e. The molecule has 0 spiro atoms. The highest BCUT2D eigenvalue weighted by Crippen LogP contribution is 2.48. The molecule has 1 fully saturated rings. The molecule has 0 aliphatic heterocycles. The smallest absolute Gasteiger partial charge is 0.250 e. The summed E-state index contributed by atoms with van der Waals surface area (Å²) >= 11 is 0. The Labute approximate surface area is 137 Å². The quantitative estimate of drug-likeness (QED) is 0.800. The van der Waals surface area contributed by atoms with E-state index in [1.54, 1.807) is 43.0 Å². The van der Waals surface area contributed by atoms with E-state index >= 15 is 0 Å². The number of halogens is 1. The SMILES string of the molecule is O=C(Nc1cnc(-n2cccn2)nc1)C1(c2ccc(F)cc2)CC1. The van der Waals surface area contributed by atoms with Crippen LogP contribution in [0.3, 0.4) is 0 Å². The summed E-state index contributed by atoms with van der Waals surface area (Å²) in [5, 5.41) is 6.89. The van der Waals surface area contributed by atoms with E-state index in [1.165, 1.54) is 16.8 Å². The van der Waals surface area contributed by atoms with Crippen LogP contribution in [0, 0.1) is 5.82 Å². The van der Waals surface area contributed by atoms with Crippen molar-refractivity contribution in [3.8, 4) is 5.95 Å². The zero-order valence-corrected chi connectivity index (χ0v) is 12.7. The lowest BCUT2D eigenvalue weighted by atomic mass is 9.95. The normalized spacial score (nSPS) is 15.0. The number of benzene rings is 1. The van der Waals surface area contributed by atoms with Gasteiger partial charge in [-0.2, -0.15) is 5.10 Å². The molecule has 1 aliphatic rings. The number of nitrogens with one attached hydrogen (secondary N) is 1. The molecule has 2 aromatic heterocycles. The molecule has 1 aliphatic carbocycles. The van der Waals surface area contributed by atoms with Gasteiger partial charge in [0.1, 0.15) is 5.82 Å². The van der Waals surface area contributed by atoms with Crippen molar-refractivity contribution in [2.24, 2.45) is 0 Å². The standard InChI is InChI=1S/C17H14FN5O/c18-13-4-2-12(3-5-13)17(6-7-17)15(24)22-14-10-19-16(20-11-14)23-9-1-8-21-23/h1-5,8-11H,6-7H2,(H,22,24). The van der Waals surface area contributed by atoms with Crippen molar-refractivity contribution in [1.29, 1.82) is 0 Å². The van der Waals surface area contributed by atoms with Crippen LogP contribution in [0.2, 0.25) is 0 Å². The molecule has 1 aromatic carbocycles. The highest BCUT2D eigenvalue weighted by Gasteiger charge is 2.51. The van der Waals surface area contributed by atoms with Crippen molar-refractivity contribution in [1.82, 2.24) is 19.7 Å². The van der Waals surface area contributed by atoms with Gasteiger partial charge in [0, 0.05) is 12.4 Å². The Morgan fingerprint density at radius 3 is 2.46 bits per heavy atom. The summed E-state index contributed by atoms with van der Waals surface area (Å²) in [7, 11) is 0. The number of carbonyl (C=O) groups is 1. The Hall–Kier alpha value is -3.09. The number of carbonyl (C=O) groups excluding carboxylic acids is 1. The van der Waals surface area contributed by atoms with E-state index in [2.05, 4.69) is 20.4 Å². The fourth-order valence-corrected chi connectivity index (χ4v) is 2.68. The number of hydrogen-bond donors (Lipinski definition) is 1. The first-order valence-electron chi connectivity index (χ1n) is 7.57. The number of nitrogens with zero attached hydrogens (tertiary/aromatic N) is 4. The minimum Gasteiger partial charge on any atom is -0.323 e. The molecule has 7 heteroatoms. The number of rotatable bonds is 4. The molecule has 1 amide bonds. The van der Waals surface area contributed by atoms with Crippen molar-refractivity contribution in [3.63, 3.8) is 0 Å². The lowest BCUT2D eigenvalue weighted by Gasteiger charge is -2.15. The Bertz CT molecular complexity index is 855. The van der Waals surface area contributed by atoms with Crippen molar-refractivity contribution < 1.29 is 9.18 Å². The summed E-state index contributed by atoms with van der Waals surface area (Å²) in [6.07, 6.45) is 7.96. The van der Waals surface area contributed by atoms with Gasteiger partial charge in [0.2, 0.25) is 5.91 Å². The van der Waals surface area contributed by atoms with E-state index in [4.69, 9.17) is 0 Å². The second-order valence-corrected chi connectivity index (χ2v) is 5.77. The molecule has 0 saturated heterocycles. The van der Waals surface area contributed by atoms with Gasteiger partial charge in [0.15, 0.2) is 0 Å². The lowest BCUT2D eigenvalue weighted by molar-refractivity contribution is -0.118. The van der Waals surface area contributed by atoms with Gasteiger partial charge >= 0.3 is 0 Å². The molecule has 24 heavy (non-hydrogen) atoms. The van der Waals surface area contributed by atoms with E-state index < -0.39 is 5.41 Å². The molecule has 1 N–H and O–H groups in total. The summed E-state index contributed by atoms with van der Waals surface area (Å²) in [5.74, 6) is -0.000200. The average molecular weight is 323 g/mol. The van der Waals surface area contributed by atoms with Crippen LogP contribution in [0.4, 0.5) is 10.1 Å². The van der Waals surface area contributed by atoms with Crippen molar-refractivity contribution in [2.75, 3.05) is 5.32 Å². The predicted octanol–water partition coefficient (Wildman–Crippen LogP) is 2.47. The van der Waals surface area contributed by atoms with Gasteiger partial charge in [0.05, 0.1) is 23.5 Å². The first kappa shape index (κ1) is 14.5. The minimum absolute atomic E-state index is 0.121. The van der Waals surface area contributed by atoms with Crippen LogP contribution in [-0.2, 0) is 10.2 Å². The summed E-state index contributed by atoms with van der Waals surface area (Å²) in [6.45, 7) is 0. The van der Waals surface area contributed by atoms with Crippen LogP contribution < -0.4 is 5.32 Å². The zero-order valence-electron chi connectivity index (χ0n) is 12.7. The molecule has 0 unspecified atom stereocenters. The molecule has 120 valence electrons. The van der Waals surface area contributed by atoms with Crippen LogP contribution in [0.5, 0.6) is 0 Å². The van der Waals surface area contributed by atoms with Gasteiger partial charge in [-0.15, -0.1) is 0 Å². The lowest BCUT2D eigenvalue weighted by Crippen LogP contribution is -2.28. The second kappa shape index (κ2) is 5.52. The van der Waals surface area contributed by atoms with Crippen LogP contribution in [0.15, 0.2) is 55.1 Å². The highest BCUT2D eigenvalue weighted by molar-refractivity contribution is 6.01. The maximum atomic E-state index is 13.1. The molecule has 0 atom stereocenters. The highest BCUT2D eigenvalue weighted by atomic mass is 19.1. The van der Waals surface area contributed by atoms with E-state index in [0.717, 1.165) is 18.4 Å². The number of aromatic nitrogens is 4. The average Bonchev–Trinajstić information content (AvgIpc) is 3.23. The molecule has 3 aromatic rings.